The average Bonchev–Trinajstić information content (AvgIpc) is 2.49. The number of rotatable bonds is 6. The molecular weight excluding hydrogens is 270 g/mol. The molecule has 0 aliphatic carbocycles. The second kappa shape index (κ2) is 7.16. The van der Waals surface area contributed by atoms with E-state index in [9.17, 15) is 14.9 Å². The third-order valence-electron chi connectivity index (χ3n) is 2.91. The van der Waals surface area contributed by atoms with Crippen LogP contribution in [0.4, 0.5) is 11.4 Å². The van der Waals surface area contributed by atoms with Gasteiger partial charge >= 0.3 is 0 Å². The molecule has 3 N–H and O–H groups in total. The van der Waals surface area contributed by atoms with Crippen LogP contribution in [0.2, 0.25) is 0 Å². The first kappa shape index (κ1) is 14.7. The molecule has 1 amide bonds. The van der Waals surface area contributed by atoms with Crippen molar-refractivity contribution in [1.29, 1.82) is 0 Å². The number of nitro groups is 1. The van der Waals surface area contributed by atoms with Crippen LogP contribution in [0, 0.1) is 10.1 Å². The SMILES string of the molecule is O=C(C[NH2+]Cc1ccccc1)Nc1ccc([N+](=O)[O-])cc1. The molecule has 0 heterocycles. The number of anilines is 1. The van der Waals surface area contributed by atoms with Crippen molar-refractivity contribution >= 4 is 17.3 Å². The van der Waals surface area contributed by atoms with Crippen LogP contribution in [-0.2, 0) is 11.3 Å². The molecule has 0 bridgehead atoms. The van der Waals surface area contributed by atoms with Crippen molar-refractivity contribution in [2.75, 3.05) is 11.9 Å². The van der Waals surface area contributed by atoms with Crippen molar-refractivity contribution in [2.24, 2.45) is 0 Å². The number of nitrogens with one attached hydrogen (secondary N) is 1. The lowest BCUT2D eigenvalue weighted by Gasteiger charge is -2.04. The average molecular weight is 286 g/mol. The summed E-state index contributed by atoms with van der Waals surface area (Å²) in [6, 6.07) is 15.6. The Bertz CT molecular complexity index is 612. The minimum Gasteiger partial charge on any atom is -0.335 e. The number of nitrogens with two attached hydrogens (primary N) is 1. The summed E-state index contributed by atoms with van der Waals surface area (Å²) in [5, 5.41) is 15.1. The van der Waals surface area contributed by atoms with E-state index in [1.807, 2.05) is 35.6 Å². The lowest BCUT2D eigenvalue weighted by Crippen LogP contribution is -2.84. The molecule has 6 nitrogen and oxygen atoms in total. The molecule has 108 valence electrons. The molecule has 0 atom stereocenters. The summed E-state index contributed by atoms with van der Waals surface area (Å²) in [5.41, 5.74) is 1.71. The Morgan fingerprint density at radius 2 is 1.76 bits per heavy atom. The largest absolute Gasteiger partial charge is 0.335 e. The lowest BCUT2D eigenvalue weighted by molar-refractivity contribution is -0.659. The van der Waals surface area contributed by atoms with Crippen molar-refractivity contribution in [3.05, 3.63) is 70.3 Å². The van der Waals surface area contributed by atoms with Crippen LogP contribution in [0.3, 0.4) is 0 Å². The molecule has 0 aliphatic rings. The zero-order valence-electron chi connectivity index (χ0n) is 11.4. The van der Waals surface area contributed by atoms with Crippen LogP contribution >= 0.6 is 0 Å². The van der Waals surface area contributed by atoms with Gasteiger partial charge in [0.15, 0.2) is 6.54 Å². The highest BCUT2D eigenvalue weighted by Gasteiger charge is 2.07. The quantitative estimate of drug-likeness (QED) is 0.619. The third kappa shape index (κ3) is 4.70. The van der Waals surface area contributed by atoms with Crippen molar-refractivity contribution in [2.45, 2.75) is 6.54 Å². The van der Waals surface area contributed by atoms with E-state index in [0.29, 0.717) is 12.2 Å². The number of nitro benzene ring substituents is 1. The molecule has 21 heavy (non-hydrogen) atoms. The summed E-state index contributed by atoms with van der Waals surface area (Å²) in [5.74, 6) is -0.139. The van der Waals surface area contributed by atoms with Gasteiger partial charge in [-0.05, 0) is 12.1 Å². The second-order valence-corrected chi connectivity index (χ2v) is 4.53. The Labute approximate surface area is 121 Å². The van der Waals surface area contributed by atoms with Gasteiger partial charge in [0.2, 0.25) is 0 Å². The smallest absolute Gasteiger partial charge is 0.279 e. The minimum atomic E-state index is -0.473. The Morgan fingerprint density at radius 3 is 2.38 bits per heavy atom. The number of benzene rings is 2. The van der Waals surface area contributed by atoms with Gasteiger partial charge in [0.25, 0.3) is 11.6 Å². The van der Waals surface area contributed by atoms with E-state index in [1.165, 1.54) is 24.3 Å². The van der Waals surface area contributed by atoms with Crippen molar-refractivity contribution < 1.29 is 15.0 Å². The number of hydrogen-bond donors (Lipinski definition) is 2. The fourth-order valence-electron chi connectivity index (χ4n) is 1.86. The van der Waals surface area contributed by atoms with Crippen molar-refractivity contribution in [1.82, 2.24) is 0 Å². The van der Waals surface area contributed by atoms with Gasteiger partial charge < -0.3 is 10.6 Å². The number of carbonyl (C=O) groups excluding carboxylic acids is 1. The van der Waals surface area contributed by atoms with Crippen molar-refractivity contribution in [3.8, 4) is 0 Å². The normalized spacial score (nSPS) is 10.1. The topological polar surface area (TPSA) is 88.8 Å². The maximum Gasteiger partial charge on any atom is 0.279 e. The Kier molecular flexibility index (Phi) is 5.00. The van der Waals surface area contributed by atoms with Crippen LogP contribution in [-0.4, -0.2) is 17.4 Å². The van der Waals surface area contributed by atoms with E-state index in [-0.39, 0.29) is 11.6 Å². The van der Waals surface area contributed by atoms with Gasteiger partial charge in [-0.15, -0.1) is 0 Å². The molecule has 2 aromatic rings. The predicted molar refractivity (Wildman–Crippen MR) is 78.7 cm³/mol. The summed E-state index contributed by atoms with van der Waals surface area (Å²) in [6.07, 6.45) is 0. The van der Waals surface area contributed by atoms with Crippen molar-refractivity contribution in [3.63, 3.8) is 0 Å². The van der Waals surface area contributed by atoms with E-state index in [1.54, 1.807) is 0 Å². The van der Waals surface area contributed by atoms with Crippen LogP contribution in [0.1, 0.15) is 5.56 Å². The molecule has 0 saturated carbocycles. The predicted octanol–water partition coefficient (Wildman–Crippen LogP) is 1.30. The first-order valence-electron chi connectivity index (χ1n) is 6.55. The van der Waals surface area contributed by atoms with Gasteiger partial charge in [-0.2, -0.15) is 0 Å². The Hall–Kier alpha value is -2.73. The van der Waals surface area contributed by atoms with Gasteiger partial charge in [0.05, 0.1) is 4.92 Å². The van der Waals surface area contributed by atoms with E-state index < -0.39 is 4.92 Å². The van der Waals surface area contributed by atoms with Gasteiger partial charge in [-0.1, -0.05) is 30.3 Å². The number of nitrogens with zero attached hydrogens (tertiary/aromatic N) is 1. The van der Waals surface area contributed by atoms with E-state index in [2.05, 4.69) is 5.32 Å². The van der Waals surface area contributed by atoms with E-state index in [0.717, 1.165) is 12.1 Å². The molecule has 0 saturated heterocycles. The molecule has 0 aliphatic heterocycles. The Morgan fingerprint density at radius 1 is 1.10 bits per heavy atom. The highest BCUT2D eigenvalue weighted by molar-refractivity contribution is 5.91. The third-order valence-corrected chi connectivity index (χ3v) is 2.91. The maximum atomic E-state index is 11.7. The highest BCUT2D eigenvalue weighted by atomic mass is 16.6. The molecule has 0 radical (unpaired) electrons. The number of quaternary nitrogens is 1. The minimum absolute atomic E-state index is 0.00337. The van der Waals surface area contributed by atoms with Gasteiger partial charge in [-0.25, -0.2) is 0 Å². The monoisotopic (exact) mass is 286 g/mol. The zero-order chi connectivity index (χ0) is 15.1. The Balaban J connectivity index is 1.78. The molecule has 0 unspecified atom stereocenters. The second-order valence-electron chi connectivity index (χ2n) is 4.53. The first-order chi connectivity index (χ1) is 10.1. The first-order valence-corrected chi connectivity index (χ1v) is 6.55. The summed E-state index contributed by atoms with van der Waals surface area (Å²) in [7, 11) is 0. The molecule has 6 heteroatoms. The van der Waals surface area contributed by atoms with Crippen LogP contribution in [0.5, 0.6) is 0 Å². The number of carbonyl (C=O) groups is 1. The molecular formula is C15H16N3O3+. The highest BCUT2D eigenvalue weighted by Crippen LogP contribution is 2.14. The lowest BCUT2D eigenvalue weighted by atomic mass is 10.2. The summed E-state index contributed by atoms with van der Waals surface area (Å²) in [4.78, 5) is 21.8. The zero-order valence-corrected chi connectivity index (χ0v) is 11.4. The molecule has 0 aromatic heterocycles. The van der Waals surface area contributed by atoms with Crippen LogP contribution < -0.4 is 10.6 Å². The number of hydrogen-bond acceptors (Lipinski definition) is 3. The maximum absolute atomic E-state index is 11.7. The van der Waals surface area contributed by atoms with E-state index >= 15 is 0 Å². The van der Waals surface area contributed by atoms with E-state index in [4.69, 9.17) is 0 Å². The van der Waals surface area contributed by atoms with Gasteiger partial charge in [-0.3, -0.25) is 14.9 Å². The van der Waals surface area contributed by atoms with Gasteiger partial charge in [0.1, 0.15) is 6.54 Å². The van der Waals surface area contributed by atoms with Crippen LogP contribution in [0.25, 0.3) is 0 Å². The summed E-state index contributed by atoms with van der Waals surface area (Å²) >= 11 is 0. The standard InChI is InChI=1S/C15H15N3O3/c19-15(11-16-10-12-4-2-1-3-5-12)17-13-6-8-14(9-7-13)18(20)21/h1-9,16H,10-11H2,(H,17,19)/p+1. The van der Waals surface area contributed by atoms with Gasteiger partial charge in [0, 0.05) is 23.4 Å². The molecule has 0 fully saturated rings. The number of non-ortho nitro benzene ring substituents is 1. The number of amides is 1. The van der Waals surface area contributed by atoms with Crippen LogP contribution in [0.15, 0.2) is 54.6 Å². The fraction of sp³-hybridized carbons (Fsp3) is 0.133. The molecule has 2 rings (SSSR count). The molecule has 0 spiro atoms. The fourth-order valence-corrected chi connectivity index (χ4v) is 1.86. The summed E-state index contributed by atoms with van der Waals surface area (Å²) in [6.45, 7) is 1.03. The molecule has 2 aromatic carbocycles. The summed E-state index contributed by atoms with van der Waals surface area (Å²) < 4.78 is 0.